The fraction of sp³-hybridized carbons (Fsp3) is 0.308. The maximum absolute atomic E-state index is 12.8. The zero-order valence-electron chi connectivity index (χ0n) is 12.1. The van der Waals surface area contributed by atoms with Crippen molar-refractivity contribution in [3.63, 3.8) is 0 Å². The average molecular weight is 337 g/mol. The average Bonchev–Trinajstić information content (AvgIpc) is 3.17. The molecule has 3 aromatic heterocycles. The van der Waals surface area contributed by atoms with Crippen molar-refractivity contribution in [1.29, 1.82) is 0 Å². The van der Waals surface area contributed by atoms with Crippen LogP contribution >= 0.6 is 0 Å². The van der Waals surface area contributed by atoms with Crippen LogP contribution in [0.3, 0.4) is 0 Å². The topological polar surface area (TPSA) is 81.2 Å². The highest BCUT2D eigenvalue weighted by Gasteiger charge is 2.40. The van der Waals surface area contributed by atoms with Crippen LogP contribution in [0.5, 0.6) is 0 Å². The zero-order valence-corrected chi connectivity index (χ0v) is 12.1. The van der Waals surface area contributed by atoms with Crippen molar-refractivity contribution >= 4 is 11.6 Å². The Kier molecular flexibility index (Phi) is 3.05. The number of carbonyl (C=O) groups excluding carboxylic acids is 1. The number of alkyl halides is 3. The van der Waals surface area contributed by atoms with Gasteiger partial charge in [0.25, 0.3) is 5.91 Å². The van der Waals surface area contributed by atoms with Crippen molar-refractivity contribution in [1.82, 2.24) is 34.3 Å². The van der Waals surface area contributed by atoms with Crippen molar-refractivity contribution < 1.29 is 18.0 Å². The number of hydrogen-bond acceptors (Lipinski definition) is 5. The molecule has 1 aliphatic rings. The van der Waals surface area contributed by atoms with Gasteiger partial charge in [0.15, 0.2) is 11.5 Å². The summed E-state index contributed by atoms with van der Waals surface area (Å²) in [6, 6.07) is 1.68. The van der Waals surface area contributed by atoms with Crippen molar-refractivity contribution in [2.24, 2.45) is 0 Å². The molecule has 0 unspecified atom stereocenters. The Labute approximate surface area is 132 Å². The van der Waals surface area contributed by atoms with E-state index in [4.69, 9.17) is 0 Å². The molecule has 0 saturated heterocycles. The van der Waals surface area contributed by atoms with E-state index in [9.17, 15) is 18.0 Å². The van der Waals surface area contributed by atoms with Crippen molar-refractivity contribution in [3.05, 3.63) is 41.9 Å². The number of hydrogen-bond donors (Lipinski definition) is 0. The summed E-state index contributed by atoms with van der Waals surface area (Å²) in [4.78, 5) is 18.2. The lowest BCUT2D eigenvalue weighted by Gasteiger charge is -2.27. The Bertz CT molecular complexity index is 929. The highest BCUT2D eigenvalue weighted by molar-refractivity contribution is 5.99. The number of fused-ring (bicyclic) bond motifs is 2. The molecule has 0 radical (unpaired) electrons. The first kappa shape index (κ1) is 14.6. The van der Waals surface area contributed by atoms with Crippen LogP contribution in [0, 0.1) is 0 Å². The van der Waals surface area contributed by atoms with Crippen LogP contribution in [0.2, 0.25) is 0 Å². The third-order valence-corrected chi connectivity index (χ3v) is 3.80. The van der Waals surface area contributed by atoms with E-state index < -0.39 is 12.0 Å². The van der Waals surface area contributed by atoms with E-state index in [1.54, 1.807) is 12.3 Å². The molecule has 11 heteroatoms. The van der Waals surface area contributed by atoms with Gasteiger partial charge in [-0.25, -0.2) is 9.50 Å². The Morgan fingerprint density at radius 1 is 1.21 bits per heavy atom. The van der Waals surface area contributed by atoms with Gasteiger partial charge in [-0.1, -0.05) is 0 Å². The molecule has 124 valence electrons. The third-order valence-electron chi connectivity index (χ3n) is 3.80. The molecule has 0 spiro atoms. The van der Waals surface area contributed by atoms with E-state index in [-0.39, 0.29) is 31.4 Å². The Morgan fingerprint density at radius 2 is 2.04 bits per heavy atom. The van der Waals surface area contributed by atoms with Gasteiger partial charge in [0.1, 0.15) is 5.56 Å². The van der Waals surface area contributed by atoms with E-state index in [0.29, 0.717) is 11.2 Å². The lowest BCUT2D eigenvalue weighted by atomic mass is 10.2. The molecular weight excluding hydrogens is 327 g/mol. The van der Waals surface area contributed by atoms with Crippen LogP contribution in [0.25, 0.3) is 5.65 Å². The monoisotopic (exact) mass is 337 g/mol. The molecule has 0 fully saturated rings. The SMILES string of the molecule is O=C(c1cnn2cccnc12)N1CCn2c(nnc2C(F)(F)F)C1. The molecule has 3 aromatic rings. The minimum absolute atomic E-state index is 0.0183. The van der Waals surface area contributed by atoms with Gasteiger partial charge in [-0.3, -0.25) is 4.79 Å². The van der Waals surface area contributed by atoms with E-state index in [1.165, 1.54) is 21.8 Å². The van der Waals surface area contributed by atoms with E-state index in [2.05, 4.69) is 20.3 Å². The summed E-state index contributed by atoms with van der Waals surface area (Å²) in [5.74, 6) is -1.29. The molecule has 4 heterocycles. The van der Waals surface area contributed by atoms with Crippen LogP contribution in [0.15, 0.2) is 24.7 Å². The molecule has 1 amide bonds. The molecule has 24 heavy (non-hydrogen) atoms. The van der Waals surface area contributed by atoms with Gasteiger partial charge in [-0.2, -0.15) is 18.3 Å². The van der Waals surface area contributed by atoms with Crippen LogP contribution in [-0.4, -0.2) is 46.7 Å². The summed E-state index contributed by atoms with van der Waals surface area (Å²) in [6.45, 7) is 0.0543. The first-order valence-electron chi connectivity index (χ1n) is 7.02. The first-order chi connectivity index (χ1) is 11.4. The van der Waals surface area contributed by atoms with Crippen molar-refractivity contribution in [2.45, 2.75) is 19.3 Å². The number of halogens is 3. The number of nitrogens with zero attached hydrogens (tertiary/aromatic N) is 7. The summed E-state index contributed by atoms with van der Waals surface area (Å²) < 4.78 is 41.0. The second-order valence-corrected chi connectivity index (χ2v) is 5.26. The van der Waals surface area contributed by atoms with Gasteiger partial charge in [0, 0.05) is 25.5 Å². The fourth-order valence-electron chi connectivity index (χ4n) is 2.69. The molecule has 4 rings (SSSR count). The normalized spacial score (nSPS) is 14.9. The number of carbonyl (C=O) groups is 1. The summed E-state index contributed by atoms with van der Waals surface area (Å²) >= 11 is 0. The molecule has 8 nitrogen and oxygen atoms in total. The molecular formula is C13H10F3N7O. The quantitative estimate of drug-likeness (QED) is 0.662. The molecule has 1 aliphatic heterocycles. The van der Waals surface area contributed by atoms with Crippen LogP contribution < -0.4 is 0 Å². The van der Waals surface area contributed by atoms with Gasteiger partial charge in [-0.15, -0.1) is 10.2 Å². The predicted molar refractivity (Wildman–Crippen MR) is 72.8 cm³/mol. The molecule has 0 atom stereocenters. The maximum atomic E-state index is 12.8. The van der Waals surface area contributed by atoms with Crippen LogP contribution in [0.1, 0.15) is 22.0 Å². The zero-order chi connectivity index (χ0) is 16.9. The lowest BCUT2D eigenvalue weighted by molar-refractivity contribution is -0.147. The van der Waals surface area contributed by atoms with Gasteiger partial charge in [0.05, 0.1) is 12.7 Å². The standard InChI is InChI=1S/C13H10F3N7O/c14-13(15,16)12-20-19-9-7-21(4-5-22(9)12)11(24)8-6-18-23-3-1-2-17-10(8)23/h1-3,6H,4-5,7H2. The van der Waals surface area contributed by atoms with Gasteiger partial charge >= 0.3 is 6.18 Å². The molecule has 0 aliphatic carbocycles. The van der Waals surface area contributed by atoms with Crippen molar-refractivity contribution in [3.8, 4) is 0 Å². The predicted octanol–water partition coefficient (Wildman–Crippen LogP) is 0.996. The minimum atomic E-state index is -4.57. The van der Waals surface area contributed by atoms with E-state index >= 15 is 0 Å². The second-order valence-electron chi connectivity index (χ2n) is 5.26. The largest absolute Gasteiger partial charge is 0.451 e. The highest BCUT2D eigenvalue weighted by Crippen LogP contribution is 2.29. The summed E-state index contributed by atoms with van der Waals surface area (Å²) in [7, 11) is 0. The third kappa shape index (κ3) is 2.20. The minimum Gasteiger partial charge on any atom is -0.329 e. The first-order valence-corrected chi connectivity index (χ1v) is 7.02. The number of amides is 1. The van der Waals surface area contributed by atoms with Crippen LogP contribution in [-0.2, 0) is 19.3 Å². The van der Waals surface area contributed by atoms with Crippen molar-refractivity contribution in [2.75, 3.05) is 6.54 Å². The summed E-state index contributed by atoms with van der Waals surface area (Å²) in [6.07, 6.45) is 0.0206. The smallest absolute Gasteiger partial charge is 0.329 e. The Hall–Kier alpha value is -2.98. The lowest BCUT2D eigenvalue weighted by Crippen LogP contribution is -2.39. The second kappa shape index (κ2) is 5.01. The fourth-order valence-corrected chi connectivity index (χ4v) is 2.69. The van der Waals surface area contributed by atoms with Gasteiger partial charge < -0.3 is 9.47 Å². The Morgan fingerprint density at radius 3 is 2.83 bits per heavy atom. The molecule has 0 N–H and O–H groups in total. The summed E-state index contributed by atoms with van der Waals surface area (Å²) in [5, 5.41) is 10.8. The van der Waals surface area contributed by atoms with Gasteiger partial charge in [-0.05, 0) is 6.07 Å². The molecule has 0 bridgehead atoms. The van der Waals surface area contributed by atoms with Crippen LogP contribution in [0.4, 0.5) is 13.2 Å². The summed E-state index contributed by atoms with van der Waals surface area (Å²) in [5.41, 5.74) is 0.685. The number of rotatable bonds is 1. The number of aromatic nitrogens is 6. The van der Waals surface area contributed by atoms with E-state index in [1.807, 2.05) is 0 Å². The van der Waals surface area contributed by atoms with E-state index in [0.717, 1.165) is 4.57 Å². The molecule has 0 aromatic carbocycles. The Balaban J connectivity index is 1.63. The van der Waals surface area contributed by atoms with Gasteiger partial charge in [0.2, 0.25) is 5.82 Å². The maximum Gasteiger partial charge on any atom is 0.451 e. The molecule has 0 saturated carbocycles. The highest BCUT2D eigenvalue weighted by atomic mass is 19.4.